The largest absolute Gasteiger partial charge is 0.475 e. The van der Waals surface area contributed by atoms with Gasteiger partial charge in [-0.3, -0.25) is 0 Å². The lowest BCUT2D eigenvalue weighted by atomic mass is 10.5. The number of aromatic nitrogens is 2. The molecule has 1 N–H and O–H groups in total. The summed E-state index contributed by atoms with van der Waals surface area (Å²) in [7, 11) is 0. The average molecular weight is 181 g/mol. The Balaban J connectivity index is 2.67. The number of nitrogens with zero attached hydrogens (tertiary/aromatic N) is 2. The number of anilines is 1. The molecule has 4 heteroatoms. The summed E-state index contributed by atoms with van der Waals surface area (Å²) >= 11 is 0. The lowest BCUT2D eigenvalue weighted by molar-refractivity contribution is 0.232. The van der Waals surface area contributed by atoms with Crippen molar-refractivity contribution in [3.05, 3.63) is 12.3 Å². The van der Waals surface area contributed by atoms with Crippen molar-refractivity contribution < 1.29 is 4.74 Å². The fourth-order valence-electron chi connectivity index (χ4n) is 0.893. The highest BCUT2D eigenvalue weighted by atomic mass is 16.5. The van der Waals surface area contributed by atoms with E-state index >= 15 is 0 Å². The third-order valence-electron chi connectivity index (χ3n) is 1.32. The summed E-state index contributed by atoms with van der Waals surface area (Å²) in [4.78, 5) is 8.19. The highest BCUT2D eigenvalue weighted by Gasteiger charge is 2.00. The molecule has 0 amide bonds. The first-order valence-electron chi connectivity index (χ1n) is 4.46. The summed E-state index contributed by atoms with van der Waals surface area (Å²) in [6.07, 6.45) is 1.83. The fourth-order valence-corrected chi connectivity index (χ4v) is 0.893. The second-order valence-corrected chi connectivity index (χ2v) is 2.92. The van der Waals surface area contributed by atoms with Crippen molar-refractivity contribution in [2.45, 2.75) is 26.9 Å². The SMILES string of the molecule is CCNc1nccc(OC(C)C)n1. The lowest BCUT2D eigenvalue weighted by Crippen LogP contribution is -2.09. The van der Waals surface area contributed by atoms with Crippen molar-refractivity contribution in [2.24, 2.45) is 0 Å². The second kappa shape index (κ2) is 4.64. The van der Waals surface area contributed by atoms with Gasteiger partial charge in [-0.05, 0) is 20.8 Å². The van der Waals surface area contributed by atoms with E-state index in [0.29, 0.717) is 11.8 Å². The third-order valence-corrected chi connectivity index (χ3v) is 1.32. The van der Waals surface area contributed by atoms with Crippen molar-refractivity contribution in [1.82, 2.24) is 9.97 Å². The molecule has 0 bridgehead atoms. The topological polar surface area (TPSA) is 47.0 Å². The summed E-state index contributed by atoms with van der Waals surface area (Å²) in [6, 6.07) is 1.75. The van der Waals surface area contributed by atoms with Crippen LogP contribution in [0.5, 0.6) is 5.88 Å². The van der Waals surface area contributed by atoms with Gasteiger partial charge in [0, 0.05) is 18.8 Å². The molecule has 0 atom stereocenters. The molecule has 1 aromatic rings. The van der Waals surface area contributed by atoms with Crippen LogP contribution in [0.1, 0.15) is 20.8 Å². The minimum Gasteiger partial charge on any atom is -0.475 e. The van der Waals surface area contributed by atoms with Crippen LogP contribution < -0.4 is 10.1 Å². The van der Waals surface area contributed by atoms with Crippen molar-refractivity contribution in [2.75, 3.05) is 11.9 Å². The monoisotopic (exact) mass is 181 g/mol. The van der Waals surface area contributed by atoms with Crippen molar-refractivity contribution in [3.63, 3.8) is 0 Å². The molecular formula is C9H15N3O. The van der Waals surface area contributed by atoms with Gasteiger partial charge in [-0.1, -0.05) is 0 Å². The second-order valence-electron chi connectivity index (χ2n) is 2.92. The summed E-state index contributed by atoms with van der Waals surface area (Å²) in [5.41, 5.74) is 0. The zero-order valence-corrected chi connectivity index (χ0v) is 8.24. The summed E-state index contributed by atoms with van der Waals surface area (Å²) < 4.78 is 5.41. The van der Waals surface area contributed by atoms with Crippen molar-refractivity contribution >= 4 is 5.95 Å². The normalized spacial score (nSPS) is 10.2. The molecule has 0 aromatic carbocycles. The Bertz CT molecular complexity index is 263. The first-order valence-corrected chi connectivity index (χ1v) is 4.46. The van der Waals surface area contributed by atoms with Crippen LogP contribution in [0.25, 0.3) is 0 Å². The molecule has 4 nitrogen and oxygen atoms in total. The standard InChI is InChI=1S/C9H15N3O/c1-4-10-9-11-6-5-8(12-9)13-7(2)3/h5-7H,4H2,1-3H3,(H,10,11,12). The predicted octanol–water partition coefficient (Wildman–Crippen LogP) is 1.70. The van der Waals surface area contributed by atoms with Crippen LogP contribution >= 0.6 is 0 Å². The highest BCUT2D eigenvalue weighted by Crippen LogP contribution is 2.09. The molecule has 0 radical (unpaired) electrons. The van der Waals surface area contributed by atoms with E-state index in [1.54, 1.807) is 12.3 Å². The molecule has 0 unspecified atom stereocenters. The molecule has 0 saturated carbocycles. The lowest BCUT2D eigenvalue weighted by Gasteiger charge is -2.09. The number of nitrogens with one attached hydrogen (secondary N) is 1. The summed E-state index contributed by atoms with van der Waals surface area (Å²) in [5, 5.41) is 3.02. The molecule has 0 spiro atoms. The zero-order valence-electron chi connectivity index (χ0n) is 8.24. The van der Waals surface area contributed by atoms with Crippen LogP contribution in [-0.4, -0.2) is 22.6 Å². The molecule has 1 aromatic heterocycles. The molecule has 0 aliphatic heterocycles. The maximum absolute atomic E-state index is 5.41. The molecule has 1 heterocycles. The van der Waals surface area contributed by atoms with Gasteiger partial charge in [-0.15, -0.1) is 0 Å². The van der Waals surface area contributed by atoms with E-state index in [0.717, 1.165) is 6.54 Å². The summed E-state index contributed by atoms with van der Waals surface area (Å²) in [6.45, 7) is 6.74. The van der Waals surface area contributed by atoms with Gasteiger partial charge in [0.2, 0.25) is 11.8 Å². The van der Waals surface area contributed by atoms with E-state index in [1.165, 1.54) is 0 Å². The van der Waals surface area contributed by atoms with Crippen LogP contribution in [0.2, 0.25) is 0 Å². The van der Waals surface area contributed by atoms with E-state index in [9.17, 15) is 0 Å². The van der Waals surface area contributed by atoms with Gasteiger partial charge in [-0.2, -0.15) is 4.98 Å². The molecule has 72 valence electrons. The van der Waals surface area contributed by atoms with Crippen LogP contribution in [0.3, 0.4) is 0 Å². The van der Waals surface area contributed by atoms with Gasteiger partial charge in [0.1, 0.15) is 0 Å². The maximum atomic E-state index is 5.41. The molecule has 0 fully saturated rings. The Morgan fingerprint density at radius 3 is 2.92 bits per heavy atom. The number of rotatable bonds is 4. The Kier molecular flexibility index (Phi) is 3.49. The Labute approximate surface area is 78.4 Å². The Hall–Kier alpha value is -1.32. The van der Waals surface area contributed by atoms with Gasteiger partial charge < -0.3 is 10.1 Å². The van der Waals surface area contributed by atoms with Gasteiger partial charge in [0.25, 0.3) is 0 Å². The Morgan fingerprint density at radius 2 is 2.31 bits per heavy atom. The van der Waals surface area contributed by atoms with Crippen LogP contribution in [0.4, 0.5) is 5.95 Å². The maximum Gasteiger partial charge on any atom is 0.225 e. The van der Waals surface area contributed by atoms with Crippen LogP contribution in [-0.2, 0) is 0 Å². The highest BCUT2D eigenvalue weighted by molar-refractivity contribution is 5.26. The first kappa shape index (κ1) is 9.77. The minimum atomic E-state index is 0.143. The molecule has 0 aliphatic rings. The third kappa shape index (κ3) is 3.27. The molecule has 1 rings (SSSR count). The van der Waals surface area contributed by atoms with Gasteiger partial charge in [-0.25, -0.2) is 4.98 Å². The van der Waals surface area contributed by atoms with Crippen LogP contribution in [0, 0.1) is 0 Å². The number of hydrogen-bond acceptors (Lipinski definition) is 4. The van der Waals surface area contributed by atoms with E-state index in [-0.39, 0.29) is 6.10 Å². The number of hydrogen-bond donors (Lipinski definition) is 1. The van der Waals surface area contributed by atoms with Gasteiger partial charge >= 0.3 is 0 Å². The predicted molar refractivity (Wildman–Crippen MR) is 52.0 cm³/mol. The fraction of sp³-hybridized carbons (Fsp3) is 0.556. The van der Waals surface area contributed by atoms with Crippen molar-refractivity contribution in [3.8, 4) is 5.88 Å². The van der Waals surface area contributed by atoms with E-state index in [4.69, 9.17) is 4.74 Å². The Morgan fingerprint density at radius 1 is 1.54 bits per heavy atom. The summed E-state index contributed by atoms with van der Waals surface area (Å²) in [5.74, 6) is 1.22. The van der Waals surface area contributed by atoms with Crippen LogP contribution in [0.15, 0.2) is 12.3 Å². The smallest absolute Gasteiger partial charge is 0.225 e. The molecule has 0 aliphatic carbocycles. The number of ether oxygens (including phenoxy) is 1. The quantitative estimate of drug-likeness (QED) is 0.768. The van der Waals surface area contributed by atoms with Crippen molar-refractivity contribution in [1.29, 1.82) is 0 Å². The molecule has 0 saturated heterocycles. The molecule has 13 heavy (non-hydrogen) atoms. The van der Waals surface area contributed by atoms with E-state index in [2.05, 4.69) is 15.3 Å². The van der Waals surface area contributed by atoms with E-state index < -0.39 is 0 Å². The van der Waals surface area contributed by atoms with Gasteiger partial charge in [0.15, 0.2) is 0 Å². The average Bonchev–Trinajstić information content (AvgIpc) is 2.04. The molecular weight excluding hydrogens is 166 g/mol. The first-order chi connectivity index (χ1) is 6.22. The van der Waals surface area contributed by atoms with E-state index in [1.807, 2.05) is 20.8 Å². The minimum absolute atomic E-state index is 0.143. The zero-order chi connectivity index (χ0) is 9.68. The van der Waals surface area contributed by atoms with Gasteiger partial charge in [0.05, 0.1) is 6.10 Å².